The first-order valence-corrected chi connectivity index (χ1v) is 6.33. The summed E-state index contributed by atoms with van der Waals surface area (Å²) in [5.74, 6) is -0.137. The number of carboxylic acid groups (broad SMARTS) is 1. The van der Waals surface area contributed by atoms with Crippen LogP contribution in [0, 0.1) is 5.92 Å². The number of nitrogens with one attached hydrogen (secondary N) is 1. The zero-order valence-electron chi connectivity index (χ0n) is 10.4. The molecule has 0 aromatic carbocycles. The average Bonchev–Trinajstić information content (AvgIpc) is 2.26. The van der Waals surface area contributed by atoms with Crippen molar-refractivity contribution in [2.75, 3.05) is 26.2 Å². The summed E-state index contributed by atoms with van der Waals surface area (Å²) in [6.07, 6.45) is 2.24. The minimum Gasteiger partial charge on any atom is -0.481 e. The smallest absolute Gasteiger partial charge is 0.303 e. The monoisotopic (exact) mass is 228 g/mol. The molecular formula is C12H24N2O2. The molecule has 2 N–H and O–H groups in total. The maximum Gasteiger partial charge on any atom is 0.303 e. The third-order valence-electron chi connectivity index (χ3n) is 3.32. The van der Waals surface area contributed by atoms with Crippen molar-refractivity contribution >= 4 is 5.97 Å². The van der Waals surface area contributed by atoms with Gasteiger partial charge in [0.2, 0.25) is 0 Å². The Kier molecular flexibility index (Phi) is 5.77. The van der Waals surface area contributed by atoms with E-state index in [-0.39, 0.29) is 0 Å². The maximum absolute atomic E-state index is 10.6. The van der Waals surface area contributed by atoms with Gasteiger partial charge in [0, 0.05) is 25.6 Å². The van der Waals surface area contributed by atoms with Crippen LogP contribution in [0.3, 0.4) is 0 Å². The van der Waals surface area contributed by atoms with Gasteiger partial charge in [0.1, 0.15) is 0 Å². The Hall–Kier alpha value is -0.610. The van der Waals surface area contributed by atoms with Crippen molar-refractivity contribution < 1.29 is 9.90 Å². The topological polar surface area (TPSA) is 52.6 Å². The van der Waals surface area contributed by atoms with Gasteiger partial charge in [0.25, 0.3) is 0 Å². The van der Waals surface area contributed by atoms with Gasteiger partial charge in [0.15, 0.2) is 0 Å². The molecule has 1 rings (SSSR count). The molecule has 1 heterocycles. The van der Waals surface area contributed by atoms with Crippen molar-refractivity contribution in [2.45, 2.75) is 39.2 Å². The third-order valence-corrected chi connectivity index (χ3v) is 3.32. The molecule has 2 unspecified atom stereocenters. The number of rotatable bonds is 6. The fourth-order valence-corrected chi connectivity index (χ4v) is 2.53. The van der Waals surface area contributed by atoms with E-state index in [4.69, 9.17) is 5.11 Å². The van der Waals surface area contributed by atoms with Gasteiger partial charge in [-0.15, -0.1) is 0 Å². The molecule has 16 heavy (non-hydrogen) atoms. The summed E-state index contributed by atoms with van der Waals surface area (Å²) >= 11 is 0. The lowest BCUT2D eigenvalue weighted by Gasteiger charge is -2.37. The minimum atomic E-state index is -0.673. The first-order chi connectivity index (χ1) is 7.65. The zero-order chi connectivity index (χ0) is 12.0. The molecule has 1 fully saturated rings. The van der Waals surface area contributed by atoms with E-state index in [1.807, 2.05) is 0 Å². The fourth-order valence-electron chi connectivity index (χ4n) is 2.53. The number of carbonyl (C=O) groups is 1. The van der Waals surface area contributed by atoms with Gasteiger partial charge in [-0.05, 0) is 31.8 Å². The van der Waals surface area contributed by atoms with Crippen LogP contribution in [0.15, 0.2) is 0 Å². The highest BCUT2D eigenvalue weighted by molar-refractivity contribution is 5.66. The fraction of sp³-hybridized carbons (Fsp3) is 0.917. The number of nitrogens with zero attached hydrogens (tertiary/aromatic N) is 1. The lowest BCUT2D eigenvalue weighted by atomic mass is 9.90. The maximum atomic E-state index is 10.6. The van der Waals surface area contributed by atoms with Crippen LogP contribution in [0.2, 0.25) is 0 Å². The molecule has 1 aliphatic rings. The largest absolute Gasteiger partial charge is 0.481 e. The second kappa shape index (κ2) is 6.86. The molecule has 0 spiro atoms. The van der Waals surface area contributed by atoms with E-state index in [0.717, 1.165) is 39.0 Å². The van der Waals surface area contributed by atoms with E-state index < -0.39 is 5.97 Å². The predicted molar refractivity (Wildman–Crippen MR) is 64.6 cm³/mol. The number of piperidine rings is 1. The van der Waals surface area contributed by atoms with E-state index in [0.29, 0.717) is 18.4 Å². The molecule has 4 nitrogen and oxygen atoms in total. The van der Waals surface area contributed by atoms with Gasteiger partial charge >= 0.3 is 5.97 Å². The standard InChI is InChI=1S/C12H24N2O2/c1-3-13-11-7-10(5-6-12(15)16)8-14(4-2)9-11/h10-11,13H,3-9H2,1-2H3,(H,15,16). The van der Waals surface area contributed by atoms with Crippen LogP contribution in [0.5, 0.6) is 0 Å². The Balaban J connectivity index is 2.40. The van der Waals surface area contributed by atoms with Gasteiger partial charge in [0.05, 0.1) is 0 Å². The summed E-state index contributed by atoms with van der Waals surface area (Å²) < 4.78 is 0. The highest BCUT2D eigenvalue weighted by Crippen LogP contribution is 2.21. The lowest BCUT2D eigenvalue weighted by Crippen LogP contribution is -2.49. The Morgan fingerprint density at radius 3 is 2.75 bits per heavy atom. The number of likely N-dealkylation sites (tertiary alicyclic amines) is 1. The highest BCUT2D eigenvalue weighted by Gasteiger charge is 2.25. The Morgan fingerprint density at radius 1 is 1.44 bits per heavy atom. The quantitative estimate of drug-likeness (QED) is 0.716. The molecule has 1 aliphatic heterocycles. The van der Waals surface area contributed by atoms with E-state index in [9.17, 15) is 4.79 Å². The first-order valence-electron chi connectivity index (χ1n) is 6.33. The van der Waals surface area contributed by atoms with Crippen LogP contribution in [0.4, 0.5) is 0 Å². The second-order valence-electron chi connectivity index (χ2n) is 4.64. The van der Waals surface area contributed by atoms with Crippen LogP contribution < -0.4 is 5.32 Å². The van der Waals surface area contributed by atoms with Gasteiger partial charge in [-0.25, -0.2) is 0 Å². The number of hydrogen-bond donors (Lipinski definition) is 2. The second-order valence-corrected chi connectivity index (χ2v) is 4.64. The molecule has 1 saturated heterocycles. The van der Waals surface area contributed by atoms with E-state index >= 15 is 0 Å². The van der Waals surface area contributed by atoms with Crippen molar-refractivity contribution in [3.8, 4) is 0 Å². The van der Waals surface area contributed by atoms with Crippen molar-refractivity contribution in [1.82, 2.24) is 10.2 Å². The molecule has 0 aliphatic carbocycles. The molecule has 4 heteroatoms. The van der Waals surface area contributed by atoms with Gasteiger partial charge < -0.3 is 15.3 Å². The number of likely N-dealkylation sites (N-methyl/N-ethyl adjacent to an activating group) is 2. The lowest BCUT2D eigenvalue weighted by molar-refractivity contribution is -0.137. The van der Waals surface area contributed by atoms with Gasteiger partial charge in [-0.3, -0.25) is 4.79 Å². The van der Waals surface area contributed by atoms with Crippen LogP contribution in [0.25, 0.3) is 0 Å². The first kappa shape index (κ1) is 13.5. The van der Waals surface area contributed by atoms with Crippen LogP contribution in [-0.4, -0.2) is 48.2 Å². The summed E-state index contributed by atoms with van der Waals surface area (Å²) in [6.45, 7) is 8.51. The summed E-state index contributed by atoms with van der Waals surface area (Å²) in [6, 6.07) is 0.539. The van der Waals surface area contributed by atoms with Gasteiger partial charge in [-0.1, -0.05) is 13.8 Å². The molecule has 0 aromatic heterocycles. The van der Waals surface area contributed by atoms with E-state index in [1.54, 1.807) is 0 Å². The van der Waals surface area contributed by atoms with E-state index in [1.165, 1.54) is 0 Å². The van der Waals surface area contributed by atoms with Crippen molar-refractivity contribution in [3.63, 3.8) is 0 Å². The predicted octanol–water partition coefficient (Wildman–Crippen LogP) is 1.17. The zero-order valence-corrected chi connectivity index (χ0v) is 10.4. The normalized spacial score (nSPS) is 26.9. The third kappa shape index (κ3) is 4.49. The van der Waals surface area contributed by atoms with Crippen LogP contribution >= 0.6 is 0 Å². The summed E-state index contributed by atoms with van der Waals surface area (Å²) in [5.41, 5.74) is 0. The molecule has 0 aromatic rings. The molecular weight excluding hydrogens is 204 g/mol. The van der Waals surface area contributed by atoms with Gasteiger partial charge in [-0.2, -0.15) is 0 Å². The molecule has 0 amide bonds. The number of carboxylic acids is 1. The summed E-state index contributed by atoms with van der Waals surface area (Å²) in [7, 11) is 0. The molecule has 0 radical (unpaired) electrons. The molecule has 0 bridgehead atoms. The summed E-state index contributed by atoms with van der Waals surface area (Å²) in [4.78, 5) is 13.0. The Morgan fingerprint density at radius 2 is 2.19 bits per heavy atom. The summed E-state index contributed by atoms with van der Waals surface area (Å²) in [5, 5.41) is 12.2. The number of hydrogen-bond acceptors (Lipinski definition) is 3. The minimum absolute atomic E-state index is 0.307. The molecule has 0 saturated carbocycles. The van der Waals surface area contributed by atoms with Crippen molar-refractivity contribution in [1.29, 1.82) is 0 Å². The Bertz CT molecular complexity index is 221. The SMILES string of the molecule is CCNC1CC(CCC(=O)O)CN(CC)C1. The molecule has 2 atom stereocenters. The molecule has 94 valence electrons. The average molecular weight is 228 g/mol. The van der Waals surface area contributed by atoms with Crippen LogP contribution in [0.1, 0.15) is 33.1 Å². The van der Waals surface area contributed by atoms with Crippen molar-refractivity contribution in [2.24, 2.45) is 5.92 Å². The highest BCUT2D eigenvalue weighted by atomic mass is 16.4. The van der Waals surface area contributed by atoms with Crippen LogP contribution in [-0.2, 0) is 4.79 Å². The van der Waals surface area contributed by atoms with Crippen molar-refractivity contribution in [3.05, 3.63) is 0 Å². The van der Waals surface area contributed by atoms with E-state index in [2.05, 4.69) is 24.1 Å². The Labute approximate surface area is 98.0 Å². The number of aliphatic carboxylic acids is 1.